The predicted octanol–water partition coefficient (Wildman–Crippen LogP) is 10.9. The van der Waals surface area contributed by atoms with Gasteiger partial charge >= 0.3 is 34.5 Å². The summed E-state index contributed by atoms with van der Waals surface area (Å²) in [5.41, 5.74) is 2.55. The van der Waals surface area contributed by atoms with Crippen molar-refractivity contribution < 1.29 is 16.6 Å². The van der Waals surface area contributed by atoms with E-state index in [1.807, 2.05) is 23.9 Å². The van der Waals surface area contributed by atoms with Gasteiger partial charge in [0.15, 0.2) is 0 Å². The third-order valence-corrected chi connectivity index (χ3v) is 10.4. The van der Waals surface area contributed by atoms with E-state index in [9.17, 15) is 0 Å². The Morgan fingerprint density at radius 2 is 0.956 bits per heavy atom. The average Bonchev–Trinajstić information content (AvgIpc) is 3.11. The van der Waals surface area contributed by atoms with E-state index in [0.717, 1.165) is 19.3 Å². The van der Waals surface area contributed by atoms with Crippen molar-refractivity contribution in [3.8, 4) is 11.1 Å². The molecule has 0 aromatic heterocycles. The van der Waals surface area contributed by atoms with Gasteiger partial charge in [0.25, 0.3) is 0 Å². The van der Waals surface area contributed by atoms with Crippen LogP contribution in [0.4, 0.5) is 0 Å². The molecule has 1 atom stereocenters. The summed E-state index contributed by atoms with van der Waals surface area (Å²) in [6, 6.07) is 53.3. The zero-order chi connectivity index (χ0) is 32.2. The minimum Gasteiger partial charge on any atom is -0.0622 e. The Balaban J connectivity index is 0.000000343. The number of nitrogens with zero attached hydrogens (tertiary/aromatic N) is 1. The van der Waals surface area contributed by atoms with Crippen LogP contribution in [0.5, 0.6) is 0 Å². The van der Waals surface area contributed by atoms with Gasteiger partial charge in [-0.05, 0) is 65.5 Å². The normalized spacial score (nSPS) is 10.1. The summed E-state index contributed by atoms with van der Waals surface area (Å²) in [6.07, 6.45) is 3.78. The van der Waals surface area contributed by atoms with Gasteiger partial charge in [-0.25, -0.2) is 0 Å². The van der Waals surface area contributed by atoms with Gasteiger partial charge in [-0.2, -0.15) is 11.8 Å². The van der Waals surface area contributed by atoms with Crippen LogP contribution in [0.3, 0.4) is 0 Å². The molecule has 0 bridgehead atoms. The second-order valence-electron chi connectivity index (χ2n) is 9.68. The molecule has 1 unspecified atom stereocenters. The van der Waals surface area contributed by atoms with Gasteiger partial charge in [-0.3, -0.25) is 0 Å². The Morgan fingerprint density at radius 3 is 1.29 bits per heavy atom. The molecular weight excluding hydrogens is 736 g/mol. The molecule has 0 aliphatic heterocycles. The third-order valence-electron chi connectivity index (χ3n) is 6.39. The largest absolute Gasteiger partial charge is 0.102 e. The van der Waals surface area contributed by atoms with Crippen molar-refractivity contribution in [2.45, 2.75) is 19.8 Å². The molecule has 0 fully saturated rings. The maximum Gasteiger partial charge on any atom is 0.102 e. The van der Waals surface area contributed by atoms with Crippen molar-refractivity contribution in [2.75, 3.05) is 30.8 Å². The van der Waals surface area contributed by atoms with E-state index in [2.05, 4.69) is 161 Å². The molecule has 0 aliphatic carbocycles. The molecule has 5 aromatic carbocycles. The van der Waals surface area contributed by atoms with E-state index in [4.69, 9.17) is 19.4 Å². The van der Waals surface area contributed by atoms with Gasteiger partial charge in [0.2, 0.25) is 0 Å². The van der Waals surface area contributed by atoms with Crippen molar-refractivity contribution in [1.29, 1.82) is 0 Å². The van der Waals surface area contributed by atoms with E-state index in [1.165, 1.54) is 51.4 Å². The predicted molar refractivity (Wildman–Crippen MR) is 212 cm³/mol. The Kier molecular flexibility index (Phi) is 24.3. The molecule has 0 saturated heterocycles. The van der Waals surface area contributed by atoms with Crippen molar-refractivity contribution in [2.24, 2.45) is 0 Å². The van der Waals surface area contributed by atoms with Crippen LogP contribution >= 0.6 is 48.3 Å². The maximum atomic E-state index is 4.85. The molecule has 5 aromatic rings. The molecule has 0 heterocycles. The Hall–Kier alpha value is -1.53. The third kappa shape index (κ3) is 17.8. The van der Waals surface area contributed by atoms with Crippen LogP contribution in [0.25, 0.3) is 16.4 Å². The van der Waals surface area contributed by atoms with Crippen LogP contribution in [0.1, 0.15) is 21.2 Å². The van der Waals surface area contributed by atoms with Gasteiger partial charge in [0.05, 0.1) is 7.92 Å². The summed E-state index contributed by atoms with van der Waals surface area (Å²) in [6.45, 7) is 4.29. The quantitative estimate of drug-likeness (QED) is 0.0698. The van der Waals surface area contributed by atoms with E-state index in [0.29, 0.717) is 0 Å². The summed E-state index contributed by atoms with van der Waals surface area (Å²) in [5.74, 6) is 2.53. The monoisotopic (exact) mass is 783 g/mol. The van der Waals surface area contributed by atoms with Gasteiger partial charge in [0.1, 0.15) is 15.9 Å². The fourth-order valence-electron chi connectivity index (χ4n) is 4.26. The zero-order valence-corrected chi connectivity index (χ0v) is 32.1. The van der Waals surface area contributed by atoms with Gasteiger partial charge in [-0.1, -0.05) is 135 Å². The minimum atomic E-state index is -0.877. The van der Waals surface area contributed by atoms with Crippen LogP contribution in [-0.4, -0.2) is 30.8 Å². The Bertz CT molecular complexity index is 1210. The van der Waals surface area contributed by atoms with Crippen LogP contribution in [0, 0.1) is 0 Å². The Morgan fingerprint density at radius 1 is 0.600 bits per heavy atom. The summed E-state index contributed by atoms with van der Waals surface area (Å²) < 4.78 is 0. The number of hydrogen-bond donors (Lipinski definition) is 0. The first-order valence-corrected chi connectivity index (χ1v) is 23.1. The minimum absolute atomic E-state index is 0. The fraction of sp³-hybridized carbons (Fsp3) is 0.211. The molecular formula is C38H47Cl2NP2RuS. The number of benzene rings is 5. The molecule has 242 valence electrons. The fourth-order valence-corrected chi connectivity index (χ4v) is 7.97. The van der Waals surface area contributed by atoms with Gasteiger partial charge in [-0.15, -0.1) is 22.3 Å². The first-order valence-electron chi connectivity index (χ1n) is 15.1. The van der Waals surface area contributed by atoms with E-state index in [1.54, 1.807) is 0 Å². The molecule has 0 spiro atoms. The Labute approximate surface area is 297 Å². The second kappa shape index (κ2) is 27.6. The maximum absolute atomic E-state index is 4.85. The van der Waals surface area contributed by atoms with Crippen LogP contribution in [0.15, 0.2) is 152 Å². The molecule has 5 rings (SSSR count). The van der Waals surface area contributed by atoms with E-state index < -0.39 is 7.92 Å². The van der Waals surface area contributed by atoms with Crippen molar-refractivity contribution in [3.63, 3.8) is 0 Å². The van der Waals surface area contributed by atoms with Gasteiger partial charge < -0.3 is 5.32 Å². The number of halogens is 2. The summed E-state index contributed by atoms with van der Waals surface area (Å²) in [7, 11) is 11.5. The molecule has 0 aliphatic rings. The average molecular weight is 784 g/mol. The van der Waals surface area contributed by atoms with E-state index in [-0.39, 0.29) is 16.6 Å². The number of hydrogen-bond acceptors (Lipinski definition) is 1. The second-order valence-corrected chi connectivity index (χ2v) is 16.6. The first kappa shape index (κ1) is 39.7. The van der Waals surface area contributed by atoms with Crippen molar-refractivity contribution >= 4 is 64.2 Å². The topological polar surface area (TPSA) is 14.1 Å². The zero-order valence-electron chi connectivity index (χ0n) is 25.9. The standard InChI is InChI=1S/C18H15P.C12H10.C8H19NPS.2ClH.Ru.H2/c1-4-10-16(11-5-1)19(17-12-6-2-7-13-17)18-14-8-3-9-15-18;1-3-7-11(8-4-1)12-9-5-2-6-10-12;1-2-3-7-11-8-5-9-4-6-10;;;;/h1-15H;1-10H;2-8,10H2,1H3;2*1H;;1H/q;;-1;;;+2;/p-1. The number of thioether (sulfide) groups is 1. The molecule has 7 heteroatoms. The molecule has 1 nitrogen and oxygen atoms in total. The molecule has 0 saturated carbocycles. The summed E-state index contributed by atoms with van der Waals surface area (Å²) >= 11 is 1.68. The summed E-state index contributed by atoms with van der Waals surface area (Å²) in [4.78, 5) is 0. The number of unbranched alkanes of at least 4 members (excludes halogenated alkanes) is 1. The van der Waals surface area contributed by atoms with Crippen molar-refractivity contribution in [1.82, 2.24) is 0 Å². The molecule has 0 amide bonds. The van der Waals surface area contributed by atoms with E-state index >= 15 is 0 Å². The SMILES string of the molecule is CCCCSCC[N-]CCP.[Cl][Ru][Cl].[HH].c1ccc(-c2ccccc2)cc1.c1ccc([PH+](c2ccccc2)c2ccccc2)cc1. The van der Waals surface area contributed by atoms with Crippen LogP contribution in [-0.2, 0) is 15.1 Å². The first-order chi connectivity index (χ1) is 22.2. The summed E-state index contributed by atoms with van der Waals surface area (Å²) in [5, 5.41) is 8.65. The van der Waals surface area contributed by atoms with Gasteiger partial charge in [0, 0.05) is 1.43 Å². The van der Waals surface area contributed by atoms with Crippen LogP contribution in [0.2, 0.25) is 0 Å². The molecule has 0 N–H and O–H groups in total. The van der Waals surface area contributed by atoms with Crippen molar-refractivity contribution in [3.05, 3.63) is 157 Å². The number of rotatable bonds is 12. The van der Waals surface area contributed by atoms with Crippen LogP contribution < -0.4 is 15.9 Å². The molecule has 45 heavy (non-hydrogen) atoms. The molecule has 0 radical (unpaired) electrons. The smallest absolute Gasteiger partial charge is 0.0622 e.